The second kappa shape index (κ2) is 3.33. The Morgan fingerprint density at radius 2 is 2.14 bits per heavy atom. The van der Waals surface area contributed by atoms with Crippen LogP contribution in [0.4, 0.5) is 0 Å². The lowest BCUT2D eigenvalue weighted by Gasteiger charge is -2.08. The predicted molar refractivity (Wildman–Crippen MR) is 34.7 cm³/mol. The van der Waals surface area contributed by atoms with Gasteiger partial charge in [0.05, 0.1) is 6.10 Å². The van der Waals surface area contributed by atoms with Crippen LogP contribution in [-0.4, -0.2) is 16.5 Å². The Morgan fingerprint density at radius 1 is 1.71 bits per heavy atom. The Kier molecular flexibility index (Phi) is 3.48. The molecule has 0 rings (SSSR count). The largest absolute Gasteiger partial charge is 0.392 e. The van der Waals surface area contributed by atoms with Gasteiger partial charge >= 0.3 is 0 Å². The molecular formula is C5H12OS. The van der Waals surface area contributed by atoms with Crippen LogP contribution in [0.5, 0.6) is 0 Å². The number of rotatable bonds is 2. The molecule has 2 unspecified atom stereocenters. The second-order valence-electron chi connectivity index (χ2n) is 1.72. The Labute approximate surface area is 50.1 Å². The number of aliphatic hydroxyl groups excluding tert-OH is 1. The number of hydrogen-bond acceptors (Lipinski definition) is 2. The molecule has 0 aliphatic carbocycles. The summed E-state index contributed by atoms with van der Waals surface area (Å²) in [4.78, 5) is 0. The minimum Gasteiger partial charge on any atom is -0.392 e. The zero-order valence-corrected chi connectivity index (χ0v) is 5.65. The van der Waals surface area contributed by atoms with Gasteiger partial charge in [-0.05, 0) is 6.42 Å². The highest BCUT2D eigenvalue weighted by Crippen LogP contribution is 2.02. The van der Waals surface area contributed by atoms with E-state index in [2.05, 4.69) is 12.6 Å². The van der Waals surface area contributed by atoms with Crippen LogP contribution in [0, 0.1) is 0 Å². The summed E-state index contributed by atoms with van der Waals surface area (Å²) in [6, 6.07) is 0. The average molecular weight is 120 g/mol. The quantitative estimate of drug-likeness (QED) is 0.522. The SMILES string of the molecule is CCC(O)C(C)S. The van der Waals surface area contributed by atoms with Gasteiger partial charge in [-0.2, -0.15) is 12.6 Å². The molecule has 0 radical (unpaired) electrons. The van der Waals surface area contributed by atoms with Crippen LogP contribution in [0.3, 0.4) is 0 Å². The van der Waals surface area contributed by atoms with Crippen molar-refractivity contribution < 1.29 is 5.11 Å². The van der Waals surface area contributed by atoms with Crippen LogP contribution in [-0.2, 0) is 0 Å². The highest BCUT2D eigenvalue weighted by atomic mass is 32.1. The lowest BCUT2D eigenvalue weighted by atomic mass is 10.2. The summed E-state index contributed by atoms with van der Waals surface area (Å²) in [7, 11) is 0. The van der Waals surface area contributed by atoms with E-state index in [0.29, 0.717) is 0 Å². The molecule has 0 bridgehead atoms. The van der Waals surface area contributed by atoms with E-state index in [0.717, 1.165) is 6.42 Å². The van der Waals surface area contributed by atoms with Crippen LogP contribution in [0.15, 0.2) is 0 Å². The molecule has 2 atom stereocenters. The fourth-order valence-corrected chi connectivity index (χ4v) is 0.552. The molecule has 0 aliphatic heterocycles. The fraction of sp³-hybridized carbons (Fsp3) is 1.00. The van der Waals surface area contributed by atoms with Gasteiger partial charge in [-0.25, -0.2) is 0 Å². The predicted octanol–water partition coefficient (Wildman–Crippen LogP) is 1.08. The molecule has 0 aliphatic rings. The third kappa shape index (κ3) is 2.94. The molecule has 0 saturated heterocycles. The summed E-state index contributed by atoms with van der Waals surface area (Å²) in [5.41, 5.74) is 0. The van der Waals surface area contributed by atoms with Gasteiger partial charge in [0.25, 0.3) is 0 Å². The first-order chi connectivity index (χ1) is 3.18. The molecular weight excluding hydrogens is 108 g/mol. The van der Waals surface area contributed by atoms with E-state index in [1.54, 1.807) is 0 Å². The first-order valence-corrected chi connectivity index (χ1v) is 3.06. The second-order valence-corrected chi connectivity index (χ2v) is 2.53. The maximum atomic E-state index is 8.86. The van der Waals surface area contributed by atoms with Crippen LogP contribution < -0.4 is 0 Å². The molecule has 0 aromatic carbocycles. The highest BCUT2D eigenvalue weighted by Gasteiger charge is 2.04. The third-order valence-corrected chi connectivity index (χ3v) is 1.32. The zero-order valence-electron chi connectivity index (χ0n) is 4.76. The molecule has 0 saturated carbocycles. The summed E-state index contributed by atoms with van der Waals surface area (Å²) in [5.74, 6) is 0. The number of hydrogen-bond donors (Lipinski definition) is 2. The van der Waals surface area contributed by atoms with Gasteiger partial charge in [-0.1, -0.05) is 13.8 Å². The van der Waals surface area contributed by atoms with Gasteiger partial charge in [0, 0.05) is 5.25 Å². The van der Waals surface area contributed by atoms with E-state index in [-0.39, 0.29) is 11.4 Å². The summed E-state index contributed by atoms with van der Waals surface area (Å²) in [6.45, 7) is 3.83. The monoisotopic (exact) mass is 120 g/mol. The van der Waals surface area contributed by atoms with Gasteiger partial charge in [0.15, 0.2) is 0 Å². The van der Waals surface area contributed by atoms with Crippen LogP contribution >= 0.6 is 12.6 Å². The van der Waals surface area contributed by atoms with Crippen molar-refractivity contribution in [3.8, 4) is 0 Å². The Hall–Kier alpha value is 0.310. The van der Waals surface area contributed by atoms with Gasteiger partial charge in [-0.15, -0.1) is 0 Å². The number of aliphatic hydroxyl groups is 1. The van der Waals surface area contributed by atoms with E-state index in [9.17, 15) is 0 Å². The number of thiol groups is 1. The van der Waals surface area contributed by atoms with E-state index in [1.165, 1.54) is 0 Å². The highest BCUT2D eigenvalue weighted by molar-refractivity contribution is 7.81. The minimum absolute atomic E-state index is 0.116. The molecule has 0 spiro atoms. The first-order valence-electron chi connectivity index (χ1n) is 2.54. The van der Waals surface area contributed by atoms with Crippen molar-refractivity contribution in [1.82, 2.24) is 0 Å². The Balaban J connectivity index is 3.14. The molecule has 44 valence electrons. The lowest BCUT2D eigenvalue weighted by molar-refractivity contribution is 0.172. The zero-order chi connectivity index (χ0) is 5.86. The van der Waals surface area contributed by atoms with Crippen LogP contribution in [0.1, 0.15) is 20.3 Å². The average Bonchev–Trinajstić information content (AvgIpc) is 1.65. The van der Waals surface area contributed by atoms with Gasteiger partial charge in [-0.3, -0.25) is 0 Å². The molecule has 0 aromatic heterocycles. The maximum Gasteiger partial charge on any atom is 0.0650 e. The summed E-state index contributed by atoms with van der Waals surface area (Å²) in [6.07, 6.45) is 0.563. The third-order valence-electron chi connectivity index (χ3n) is 0.975. The Morgan fingerprint density at radius 3 is 2.14 bits per heavy atom. The molecule has 7 heavy (non-hydrogen) atoms. The first kappa shape index (κ1) is 7.31. The molecule has 0 aromatic rings. The summed E-state index contributed by atoms with van der Waals surface area (Å²) in [5, 5.41) is 8.97. The van der Waals surface area contributed by atoms with Crippen LogP contribution in [0.25, 0.3) is 0 Å². The van der Waals surface area contributed by atoms with Gasteiger partial charge in [0.1, 0.15) is 0 Å². The smallest absolute Gasteiger partial charge is 0.0650 e. The van der Waals surface area contributed by atoms with Crippen molar-refractivity contribution in [1.29, 1.82) is 0 Å². The van der Waals surface area contributed by atoms with E-state index < -0.39 is 0 Å². The molecule has 1 N–H and O–H groups in total. The van der Waals surface area contributed by atoms with E-state index in [1.807, 2.05) is 13.8 Å². The topological polar surface area (TPSA) is 20.2 Å². The standard InChI is InChI=1S/C5H12OS/c1-3-5(6)4(2)7/h4-7H,3H2,1-2H3. The molecule has 0 amide bonds. The Bertz CT molecular complexity index is 45.3. The maximum absolute atomic E-state index is 8.86. The lowest BCUT2D eigenvalue weighted by Crippen LogP contribution is -2.15. The molecule has 2 heteroatoms. The molecule has 1 nitrogen and oxygen atoms in total. The normalized spacial score (nSPS) is 18.9. The van der Waals surface area contributed by atoms with Gasteiger partial charge < -0.3 is 5.11 Å². The fourth-order valence-electron chi connectivity index (χ4n) is 0.341. The van der Waals surface area contributed by atoms with E-state index >= 15 is 0 Å². The van der Waals surface area contributed by atoms with Gasteiger partial charge in [0.2, 0.25) is 0 Å². The summed E-state index contributed by atoms with van der Waals surface area (Å²) >= 11 is 4.02. The van der Waals surface area contributed by atoms with Crippen molar-refractivity contribution >= 4 is 12.6 Å². The molecule has 0 fully saturated rings. The van der Waals surface area contributed by atoms with E-state index in [4.69, 9.17) is 5.11 Å². The van der Waals surface area contributed by atoms with Crippen molar-refractivity contribution in [2.24, 2.45) is 0 Å². The summed E-state index contributed by atoms with van der Waals surface area (Å²) < 4.78 is 0. The van der Waals surface area contributed by atoms with Crippen molar-refractivity contribution in [2.75, 3.05) is 0 Å². The van der Waals surface area contributed by atoms with Crippen molar-refractivity contribution in [2.45, 2.75) is 31.6 Å². The van der Waals surface area contributed by atoms with Crippen LogP contribution in [0.2, 0.25) is 0 Å². The minimum atomic E-state index is -0.233. The molecule has 0 heterocycles. The van der Waals surface area contributed by atoms with Crippen molar-refractivity contribution in [3.63, 3.8) is 0 Å². The van der Waals surface area contributed by atoms with Crippen molar-refractivity contribution in [3.05, 3.63) is 0 Å².